The molecule has 2 rings (SSSR count). The van der Waals surface area contributed by atoms with Crippen molar-refractivity contribution in [2.24, 2.45) is 0 Å². The average Bonchev–Trinajstić information content (AvgIpc) is 2.46. The fourth-order valence-corrected chi connectivity index (χ4v) is 2.42. The predicted octanol–water partition coefficient (Wildman–Crippen LogP) is 4.60. The van der Waals surface area contributed by atoms with Crippen LogP contribution < -0.4 is 5.73 Å². The van der Waals surface area contributed by atoms with E-state index in [2.05, 4.69) is 22.9 Å². The van der Waals surface area contributed by atoms with E-state index in [0.29, 0.717) is 16.8 Å². The van der Waals surface area contributed by atoms with Crippen LogP contribution in [0.2, 0.25) is 0 Å². The molecule has 20 heavy (non-hydrogen) atoms. The van der Waals surface area contributed by atoms with Gasteiger partial charge in [-0.05, 0) is 48.7 Å². The van der Waals surface area contributed by atoms with Crippen LogP contribution in [0.15, 0.2) is 46.9 Å². The number of aryl methyl sites for hydroxylation is 1. The number of benzene rings is 2. The Balaban J connectivity index is 2.32. The Kier molecular flexibility index (Phi) is 4.96. The molecule has 0 unspecified atom stereocenters. The van der Waals surface area contributed by atoms with Crippen LogP contribution in [0.4, 0.5) is 5.69 Å². The number of carbonyl (C=O) groups is 1. The first-order chi connectivity index (χ1) is 9.63. The highest BCUT2D eigenvalue weighted by Gasteiger charge is 2.14. The molecular formula is C17H18BrNO. The number of nitrogens with two attached hydrogens (primary N) is 1. The Labute approximate surface area is 128 Å². The molecular weight excluding hydrogens is 314 g/mol. The van der Waals surface area contributed by atoms with E-state index in [9.17, 15) is 4.79 Å². The zero-order valence-electron chi connectivity index (χ0n) is 11.5. The van der Waals surface area contributed by atoms with Crippen molar-refractivity contribution in [3.05, 3.63) is 63.6 Å². The van der Waals surface area contributed by atoms with Crippen LogP contribution in [0.3, 0.4) is 0 Å². The van der Waals surface area contributed by atoms with E-state index in [1.54, 1.807) is 6.07 Å². The van der Waals surface area contributed by atoms with Gasteiger partial charge >= 0.3 is 0 Å². The second-order valence-electron chi connectivity index (χ2n) is 4.82. The molecule has 2 nitrogen and oxygen atoms in total. The summed E-state index contributed by atoms with van der Waals surface area (Å²) in [7, 11) is 0. The summed E-state index contributed by atoms with van der Waals surface area (Å²) in [6.45, 7) is 2.15. The lowest BCUT2D eigenvalue weighted by molar-refractivity contribution is 0.103. The van der Waals surface area contributed by atoms with E-state index in [1.807, 2.05) is 36.4 Å². The van der Waals surface area contributed by atoms with E-state index < -0.39 is 0 Å². The van der Waals surface area contributed by atoms with Gasteiger partial charge in [-0.3, -0.25) is 4.79 Å². The number of hydrogen-bond acceptors (Lipinski definition) is 2. The molecule has 2 aromatic rings. The number of rotatable bonds is 5. The maximum Gasteiger partial charge on any atom is 0.195 e. The molecule has 2 N–H and O–H groups in total. The molecule has 0 atom stereocenters. The van der Waals surface area contributed by atoms with Crippen molar-refractivity contribution < 1.29 is 4.79 Å². The third kappa shape index (κ3) is 3.28. The van der Waals surface area contributed by atoms with E-state index in [4.69, 9.17) is 5.73 Å². The van der Waals surface area contributed by atoms with Crippen LogP contribution in [-0.4, -0.2) is 5.78 Å². The van der Waals surface area contributed by atoms with Crippen LogP contribution >= 0.6 is 15.9 Å². The van der Waals surface area contributed by atoms with Crippen LogP contribution in [0.1, 0.15) is 41.3 Å². The van der Waals surface area contributed by atoms with Crippen molar-refractivity contribution in [3.63, 3.8) is 0 Å². The Hall–Kier alpha value is -1.61. The predicted molar refractivity (Wildman–Crippen MR) is 87.0 cm³/mol. The van der Waals surface area contributed by atoms with Crippen molar-refractivity contribution in [1.29, 1.82) is 0 Å². The lowest BCUT2D eigenvalue weighted by Crippen LogP contribution is -2.07. The van der Waals surface area contributed by atoms with Gasteiger partial charge in [-0.15, -0.1) is 0 Å². The first-order valence-corrected chi connectivity index (χ1v) is 7.60. The summed E-state index contributed by atoms with van der Waals surface area (Å²) in [5.41, 5.74) is 9.10. The van der Waals surface area contributed by atoms with Gasteiger partial charge in [0.15, 0.2) is 5.78 Å². The van der Waals surface area contributed by atoms with Gasteiger partial charge in [-0.25, -0.2) is 0 Å². The fourth-order valence-electron chi connectivity index (χ4n) is 2.15. The quantitative estimate of drug-likeness (QED) is 0.642. The van der Waals surface area contributed by atoms with Crippen LogP contribution in [0, 0.1) is 0 Å². The van der Waals surface area contributed by atoms with Crippen LogP contribution in [0.5, 0.6) is 0 Å². The molecule has 0 saturated heterocycles. The number of para-hydroxylation sites is 1. The molecule has 0 aliphatic rings. The maximum atomic E-state index is 12.5. The van der Waals surface area contributed by atoms with E-state index in [1.165, 1.54) is 0 Å². The number of unbranched alkanes of at least 4 members (excludes halogenated alkanes) is 1. The summed E-state index contributed by atoms with van der Waals surface area (Å²) in [6.07, 6.45) is 3.12. The Morgan fingerprint density at radius 3 is 2.50 bits per heavy atom. The zero-order chi connectivity index (χ0) is 14.5. The summed E-state index contributed by atoms with van der Waals surface area (Å²) >= 11 is 3.37. The van der Waals surface area contributed by atoms with Crippen molar-refractivity contribution in [1.82, 2.24) is 0 Å². The minimum atomic E-state index is -0.0200. The number of carbonyl (C=O) groups excluding carboxylic acids is 1. The van der Waals surface area contributed by atoms with E-state index in [-0.39, 0.29) is 5.78 Å². The largest absolute Gasteiger partial charge is 0.398 e. The van der Waals surface area contributed by atoms with E-state index >= 15 is 0 Å². The molecule has 2 aromatic carbocycles. The SMILES string of the molecule is CCCCc1cccc(C(=O)c2ccc(Br)cc2)c1N. The molecule has 0 bridgehead atoms. The number of hydrogen-bond donors (Lipinski definition) is 1. The van der Waals surface area contributed by atoms with Crippen molar-refractivity contribution >= 4 is 27.4 Å². The summed E-state index contributed by atoms with van der Waals surface area (Å²) in [5, 5.41) is 0. The minimum Gasteiger partial charge on any atom is -0.398 e. The Bertz CT molecular complexity index is 605. The normalized spacial score (nSPS) is 10.5. The van der Waals surface area contributed by atoms with Crippen LogP contribution in [0.25, 0.3) is 0 Å². The minimum absolute atomic E-state index is 0.0200. The molecule has 0 spiro atoms. The van der Waals surface area contributed by atoms with Gasteiger partial charge in [0.25, 0.3) is 0 Å². The Morgan fingerprint density at radius 2 is 1.85 bits per heavy atom. The summed E-state index contributed by atoms with van der Waals surface area (Å²) < 4.78 is 0.957. The van der Waals surface area contributed by atoms with Gasteiger partial charge in [-0.2, -0.15) is 0 Å². The summed E-state index contributed by atoms with van der Waals surface area (Å²) in [6, 6.07) is 13.1. The smallest absolute Gasteiger partial charge is 0.195 e. The number of ketones is 1. The second-order valence-corrected chi connectivity index (χ2v) is 5.73. The zero-order valence-corrected chi connectivity index (χ0v) is 13.1. The van der Waals surface area contributed by atoms with E-state index in [0.717, 1.165) is 29.3 Å². The van der Waals surface area contributed by atoms with Crippen LogP contribution in [-0.2, 0) is 6.42 Å². The van der Waals surface area contributed by atoms with Crippen molar-refractivity contribution in [2.75, 3.05) is 5.73 Å². The first-order valence-electron chi connectivity index (χ1n) is 6.81. The topological polar surface area (TPSA) is 43.1 Å². The number of halogens is 1. The highest BCUT2D eigenvalue weighted by Crippen LogP contribution is 2.23. The molecule has 104 valence electrons. The first kappa shape index (κ1) is 14.8. The molecule has 3 heteroatoms. The van der Waals surface area contributed by atoms with Crippen molar-refractivity contribution in [3.8, 4) is 0 Å². The highest BCUT2D eigenvalue weighted by atomic mass is 79.9. The fraction of sp³-hybridized carbons (Fsp3) is 0.235. The lowest BCUT2D eigenvalue weighted by atomic mass is 9.97. The maximum absolute atomic E-state index is 12.5. The summed E-state index contributed by atoms with van der Waals surface area (Å²) in [4.78, 5) is 12.5. The lowest BCUT2D eigenvalue weighted by Gasteiger charge is -2.10. The van der Waals surface area contributed by atoms with Gasteiger partial charge in [0.05, 0.1) is 0 Å². The second kappa shape index (κ2) is 6.71. The summed E-state index contributed by atoms with van der Waals surface area (Å²) in [5.74, 6) is -0.0200. The average molecular weight is 332 g/mol. The van der Waals surface area contributed by atoms with Gasteiger partial charge in [0.1, 0.15) is 0 Å². The van der Waals surface area contributed by atoms with Gasteiger partial charge in [0, 0.05) is 21.3 Å². The molecule has 0 aliphatic heterocycles. The highest BCUT2D eigenvalue weighted by molar-refractivity contribution is 9.10. The molecule has 0 aromatic heterocycles. The van der Waals surface area contributed by atoms with Gasteiger partial charge in [0.2, 0.25) is 0 Å². The Morgan fingerprint density at radius 1 is 1.15 bits per heavy atom. The van der Waals surface area contributed by atoms with Gasteiger partial charge < -0.3 is 5.73 Å². The molecule has 0 aliphatic carbocycles. The standard InChI is InChI=1S/C17H18BrNO/c1-2-3-5-12-6-4-7-15(16(12)19)17(20)13-8-10-14(18)11-9-13/h4,6-11H,2-3,5,19H2,1H3. The third-order valence-corrected chi connectivity index (χ3v) is 3.88. The van der Waals surface area contributed by atoms with Crippen molar-refractivity contribution in [2.45, 2.75) is 26.2 Å². The molecule has 0 saturated carbocycles. The monoisotopic (exact) mass is 331 g/mol. The molecule has 0 fully saturated rings. The molecule has 0 heterocycles. The number of anilines is 1. The molecule has 0 radical (unpaired) electrons. The third-order valence-electron chi connectivity index (χ3n) is 3.35. The number of nitrogen functional groups attached to an aromatic ring is 1. The van der Waals surface area contributed by atoms with Gasteiger partial charge in [-0.1, -0.05) is 41.4 Å². The molecule has 0 amide bonds.